The van der Waals surface area contributed by atoms with Gasteiger partial charge in [-0.25, -0.2) is 4.98 Å². The van der Waals surface area contributed by atoms with Crippen molar-refractivity contribution >= 4 is 22.9 Å². The summed E-state index contributed by atoms with van der Waals surface area (Å²) in [6.45, 7) is 4.20. The topological polar surface area (TPSA) is 63.2 Å². The smallest absolute Gasteiger partial charge is 0.238 e. The lowest BCUT2D eigenvalue weighted by Crippen LogP contribution is -2.30. The molecule has 2 aromatic rings. The van der Waals surface area contributed by atoms with Crippen LogP contribution in [0.1, 0.15) is 23.7 Å². The van der Waals surface area contributed by atoms with Crippen LogP contribution in [0.3, 0.4) is 0 Å². The van der Waals surface area contributed by atoms with E-state index in [0.717, 1.165) is 22.1 Å². The van der Waals surface area contributed by atoms with Crippen molar-refractivity contribution in [1.82, 2.24) is 10.3 Å². The van der Waals surface area contributed by atoms with Gasteiger partial charge in [-0.15, -0.1) is 11.3 Å². The number of aromatic nitrogens is 1. The van der Waals surface area contributed by atoms with E-state index in [1.54, 1.807) is 18.4 Å². The number of hydrogen-bond donors (Lipinski definition) is 2. The lowest BCUT2D eigenvalue weighted by Gasteiger charge is -2.11. The Hall–Kier alpha value is -1.92. The molecule has 112 valence electrons. The Bertz CT molecular complexity index is 595. The first-order chi connectivity index (χ1) is 10.1. The number of carbonyl (C=O) groups excluding carboxylic acids is 1. The minimum absolute atomic E-state index is 0.0605. The summed E-state index contributed by atoms with van der Waals surface area (Å²) in [4.78, 5) is 16.3. The second kappa shape index (κ2) is 7.19. The summed E-state index contributed by atoms with van der Waals surface area (Å²) in [5.41, 5.74) is 1.76. The van der Waals surface area contributed by atoms with Crippen LogP contribution in [-0.2, 0) is 4.79 Å². The number of benzene rings is 1. The van der Waals surface area contributed by atoms with Crippen LogP contribution in [0.2, 0.25) is 0 Å². The van der Waals surface area contributed by atoms with Crippen LogP contribution in [0.4, 0.5) is 5.69 Å². The van der Waals surface area contributed by atoms with Crippen LogP contribution < -0.4 is 15.4 Å². The zero-order valence-corrected chi connectivity index (χ0v) is 13.2. The zero-order chi connectivity index (χ0) is 15.2. The number of anilines is 1. The predicted molar refractivity (Wildman–Crippen MR) is 84.9 cm³/mol. The van der Waals surface area contributed by atoms with Crippen molar-refractivity contribution in [2.45, 2.75) is 19.9 Å². The van der Waals surface area contributed by atoms with Gasteiger partial charge in [0, 0.05) is 16.8 Å². The maximum atomic E-state index is 11.9. The van der Waals surface area contributed by atoms with Crippen LogP contribution in [0.25, 0.3) is 0 Å². The molecule has 1 aromatic heterocycles. The number of aryl methyl sites for hydroxylation is 1. The molecule has 0 saturated heterocycles. The lowest BCUT2D eigenvalue weighted by atomic mass is 10.3. The molecule has 0 spiro atoms. The molecule has 1 aromatic carbocycles. The van der Waals surface area contributed by atoms with Gasteiger partial charge in [0.25, 0.3) is 0 Å². The van der Waals surface area contributed by atoms with E-state index >= 15 is 0 Å². The summed E-state index contributed by atoms with van der Waals surface area (Å²) in [5, 5.41) is 8.99. The van der Waals surface area contributed by atoms with E-state index in [1.807, 2.05) is 43.5 Å². The Morgan fingerprint density at radius 2 is 2.10 bits per heavy atom. The number of ether oxygens (including phenoxy) is 1. The van der Waals surface area contributed by atoms with Crippen LogP contribution >= 0.6 is 11.3 Å². The molecule has 1 amide bonds. The second-order valence-corrected chi connectivity index (χ2v) is 5.60. The Labute approximate surface area is 128 Å². The molecule has 0 aliphatic rings. The number of nitrogens with zero attached hydrogens (tertiary/aromatic N) is 1. The highest BCUT2D eigenvalue weighted by molar-refractivity contribution is 7.09. The molecule has 2 rings (SSSR count). The number of hydrogen-bond acceptors (Lipinski definition) is 5. The summed E-state index contributed by atoms with van der Waals surface area (Å²) in [7, 11) is 1.61. The monoisotopic (exact) mass is 305 g/mol. The van der Waals surface area contributed by atoms with Crippen molar-refractivity contribution in [3.05, 3.63) is 40.3 Å². The number of rotatable bonds is 6. The molecule has 0 bridgehead atoms. The first-order valence-corrected chi connectivity index (χ1v) is 7.56. The van der Waals surface area contributed by atoms with Crippen LogP contribution in [0, 0.1) is 6.92 Å². The van der Waals surface area contributed by atoms with E-state index in [1.165, 1.54) is 0 Å². The molecule has 21 heavy (non-hydrogen) atoms. The molecule has 0 radical (unpaired) electrons. The fraction of sp³-hybridized carbons (Fsp3) is 0.333. The summed E-state index contributed by atoms with van der Waals surface area (Å²) in [6, 6.07) is 7.30. The normalized spacial score (nSPS) is 12.0. The van der Waals surface area contributed by atoms with Crippen molar-refractivity contribution in [3.63, 3.8) is 0 Å². The SMILES string of the molecule is COc1ccc(NC(=O)CNC(C)c2nc(C)cs2)cc1. The maximum absolute atomic E-state index is 11.9. The molecule has 2 N–H and O–H groups in total. The molecule has 6 heteroatoms. The highest BCUT2D eigenvalue weighted by Crippen LogP contribution is 2.17. The van der Waals surface area contributed by atoms with Gasteiger partial charge in [0.05, 0.1) is 19.7 Å². The van der Waals surface area contributed by atoms with E-state index in [2.05, 4.69) is 15.6 Å². The van der Waals surface area contributed by atoms with Crippen molar-refractivity contribution in [2.75, 3.05) is 19.0 Å². The lowest BCUT2D eigenvalue weighted by molar-refractivity contribution is -0.115. The quantitative estimate of drug-likeness (QED) is 0.861. The number of methoxy groups -OCH3 is 1. The van der Waals surface area contributed by atoms with Gasteiger partial charge in [0.15, 0.2) is 0 Å². The summed E-state index contributed by atoms with van der Waals surface area (Å²) >= 11 is 1.60. The van der Waals surface area contributed by atoms with Gasteiger partial charge in [0.1, 0.15) is 10.8 Å². The molecule has 0 aliphatic heterocycles. The van der Waals surface area contributed by atoms with E-state index in [4.69, 9.17) is 4.74 Å². The summed E-state index contributed by atoms with van der Waals surface area (Å²) in [5.74, 6) is 0.680. The van der Waals surface area contributed by atoms with Crippen molar-refractivity contribution in [3.8, 4) is 5.75 Å². The third-order valence-electron chi connectivity index (χ3n) is 2.95. The molecular formula is C15H19N3O2S. The molecule has 0 saturated carbocycles. The van der Waals surface area contributed by atoms with Gasteiger partial charge in [-0.2, -0.15) is 0 Å². The Kier molecular flexibility index (Phi) is 5.30. The van der Waals surface area contributed by atoms with Crippen LogP contribution in [-0.4, -0.2) is 24.5 Å². The van der Waals surface area contributed by atoms with Gasteiger partial charge < -0.3 is 10.1 Å². The Morgan fingerprint density at radius 3 is 2.67 bits per heavy atom. The Balaban J connectivity index is 1.81. The van der Waals surface area contributed by atoms with E-state index < -0.39 is 0 Å². The molecule has 1 unspecified atom stereocenters. The van der Waals surface area contributed by atoms with Gasteiger partial charge in [-0.05, 0) is 38.1 Å². The predicted octanol–water partition coefficient (Wildman–Crippen LogP) is 2.75. The molecular weight excluding hydrogens is 286 g/mol. The molecule has 0 aliphatic carbocycles. The summed E-state index contributed by atoms with van der Waals surface area (Å²) < 4.78 is 5.07. The Morgan fingerprint density at radius 1 is 1.38 bits per heavy atom. The summed E-state index contributed by atoms with van der Waals surface area (Å²) in [6.07, 6.45) is 0. The second-order valence-electron chi connectivity index (χ2n) is 4.71. The van der Waals surface area contributed by atoms with Gasteiger partial charge >= 0.3 is 0 Å². The van der Waals surface area contributed by atoms with Crippen LogP contribution in [0.5, 0.6) is 5.75 Å². The first-order valence-electron chi connectivity index (χ1n) is 6.68. The minimum atomic E-state index is -0.0831. The highest BCUT2D eigenvalue weighted by Gasteiger charge is 2.10. The zero-order valence-electron chi connectivity index (χ0n) is 12.3. The minimum Gasteiger partial charge on any atom is -0.497 e. The molecule has 0 fully saturated rings. The maximum Gasteiger partial charge on any atom is 0.238 e. The van der Waals surface area contributed by atoms with E-state index in [9.17, 15) is 4.79 Å². The van der Waals surface area contributed by atoms with Gasteiger partial charge in [0.2, 0.25) is 5.91 Å². The van der Waals surface area contributed by atoms with E-state index in [-0.39, 0.29) is 18.5 Å². The fourth-order valence-electron chi connectivity index (χ4n) is 1.78. The molecule has 5 nitrogen and oxygen atoms in total. The van der Waals surface area contributed by atoms with Gasteiger partial charge in [-0.3, -0.25) is 10.1 Å². The third kappa shape index (κ3) is 4.54. The van der Waals surface area contributed by atoms with Gasteiger partial charge in [-0.1, -0.05) is 0 Å². The van der Waals surface area contributed by atoms with Crippen LogP contribution in [0.15, 0.2) is 29.6 Å². The fourth-order valence-corrected chi connectivity index (χ4v) is 2.61. The third-order valence-corrected chi connectivity index (χ3v) is 4.10. The number of amides is 1. The van der Waals surface area contributed by atoms with Crippen molar-refractivity contribution in [2.24, 2.45) is 0 Å². The van der Waals surface area contributed by atoms with Crippen molar-refractivity contribution < 1.29 is 9.53 Å². The average molecular weight is 305 g/mol. The number of carbonyl (C=O) groups is 1. The largest absolute Gasteiger partial charge is 0.497 e. The number of thiazole rings is 1. The average Bonchev–Trinajstić information content (AvgIpc) is 2.92. The molecule has 1 heterocycles. The van der Waals surface area contributed by atoms with E-state index in [0.29, 0.717) is 0 Å². The standard InChI is InChI=1S/C15H19N3O2S/c1-10-9-21-15(17-10)11(2)16-8-14(19)18-12-4-6-13(20-3)7-5-12/h4-7,9,11,16H,8H2,1-3H3,(H,18,19). The number of nitrogens with one attached hydrogen (secondary N) is 2. The first kappa shape index (κ1) is 15.5. The molecule has 1 atom stereocenters. The van der Waals surface area contributed by atoms with Crippen molar-refractivity contribution in [1.29, 1.82) is 0 Å². The highest BCUT2D eigenvalue weighted by atomic mass is 32.1.